The third-order valence-electron chi connectivity index (χ3n) is 6.08. The van der Waals surface area contributed by atoms with Crippen LogP contribution in [0.15, 0.2) is 29.3 Å². The molecule has 0 bridgehead atoms. The molecule has 1 aliphatic heterocycles. The van der Waals surface area contributed by atoms with Crippen LogP contribution >= 0.6 is 0 Å². The van der Waals surface area contributed by atoms with Gasteiger partial charge in [-0.25, -0.2) is 0 Å². The van der Waals surface area contributed by atoms with E-state index in [2.05, 4.69) is 48.3 Å². The highest BCUT2D eigenvalue weighted by atomic mass is 16.2. The van der Waals surface area contributed by atoms with Crippen LogP contribution in [0, 0.1) is 6.92 Å². The zero-order valence-electron chi connectivity index (χ0n) is 17.1. The molecule has 0 atom stereocenters. The van der Waals surface area contributed by atoms with E-state index in [4.69, 9.17) is 4.99 Å². The van der Waals surface area contributed by atoms with E-state index < -0.39 is 0 Å². The van der Waals surface area contributed by atoms with Crippen LogP contribution in [0.25, 0.3) is 0 Å². The molecule has 1 aromatic carbocycles. The van der Waals surface area contributed by atoms with Gasteiger partial charge >= 0.3 is 0 Å². The Hall–Kier alpha value is -2.04. The zero-order chi connectivity index (χ0) is 19.3. The van der Waals surface area contributed by atoms with Gasteiger partial charge in [0.2, 0.25) is 5.91 Å². The van der Waals surface area contributed by atoms with Crippen molar-refractivity contribution >= 4 is 11.9 Å². The number of aryl methyl sites for hydroxylation is 1. The summed E-state index contributed by atoms with van der Waals surface area (Å²) in [6, 6.07) is 8.99. The Labute approximate surface area is 163 Å². The van der Waals surface area contributed by atoms with E-state index in [1.54, 1.807) is 6.92 Å². The number of aliphatic imine (C=N–C) groups is 1. The summed E-state index contributed by atoms with van der Waals surface area (Å²) in [7, 11) is 0. The van der Waals surface area contributed by atoms with Gasteiger partial charge in [-0.2, -0.15) is 0 Å². The van der Waals surface area contributed by atoms with Gasteiger partial charge in [0.15, 0.2) is 5.96 Å². The lowest BCUT2D eigenvalue weighted by atomic mass is 9.78. The number of benzene rings is 1. The average molecular weight is 371 g/mol. The Morgan fingerprint density at radius 3 is 2.41 bits per heavy atom. The van der Waals surface area contributed by atoms with Crippen molar-refractivity contribution in [2.45, 2.75) is 51.9 Å². The SMILES string of the molecule is CCNC(=NCC1(c2cccc(C)c2)CCCC1)N1CCN(C(C)=O)CC1. The number of amides is 1. The first-order valence-electron chi connectivity index (χ1n) is 10.4. The monoisotopic (exact) mass is 370 g/mol. The largest absolute Gasteiger partial charge is 0.357 e. The lowest BCUT2D eigenvalue weighted by Crippen LogP contribution is -2.53. The van der Waals surface area contributed by atoms with Gasteiger partial charge in [-0.1, -0.05) is 42.7 Å². The highest BCUT2D eigenvalue weighted by molar-refractivity contribution is 5.80. The van der Waals surface area contributed by atoms with Crippen LogP contribution in [-0.2, 0) is 10.2 Å². The van der Waals surface area contributed by atoms with E-state index in [1.807, 2.05) is 4.90 Å². The molecule has 0 radical (unpaired) electrons. The van der Waals surface area contributed by atoms with Crippen LogP contribution in [0.3, 0.4) is 0 Å². The molecule has 148 valence electrons. The molecule has 1 aromatic rings. The summed E-state index contributed by atoms with van der Waals surface area (Å²) in [6.07, 6.45) is 5.02. The minimum atomic E-state index is 0.168. The van der Waals surface area contributed by atoms with Gasteiger partial charge in [0.25, 0.3) is 0 Å². The van der Waals surface area contributed by atoms with Crippen LogP contribution in [-0.4, -0.2) is 60.9 Å². The fourth-order valence-electron chi connectivity index (χ4n) is 4.45. The average Bonchev–Trinajstić information content (AvgIpc) is 3.15. The van der Waals surface area contributed by atoms with Crippen molar-refractivity contribution in [1.82, 2.24) is 15.1 Å². The second-order valence-electron chi connectivity index (χ2n) is 8.02. The molecule has 1 N–H and O–H groups in total. The predicted molar refractivity (Wildman–Crippen MR) is 111 cm³/mol. The second kappa shape index (κ2) is 8.77. The van der Waals surface area contributed by atoms with Crippen molar-refractivity contribution in [3.8, 4) is 0 Å². The molecule has 27 heavy (non-hydrogen) atoms. The first kappa shape index (κ1) is 19.7. The molecule has 2 aliphatic rings. The number of guanidine groups is 1. The highest BCUT2D eigenvalue weighted by Gasteiger charge is 2.36. The van der Waals surface area contributed by atoms with Crippen molar-refractivity contribution in [3.05, 3.63) is 35.4 Å². The molecule has 1 saturated carbocycles. The third kappa shape index (κ3) is 4.63. The minimum absolute atomic E-state index is 0.168. The van der Waals surface area contributed by atoms with E-state index in [-0.39, 0.29) is 11.3 Å². The zero-order valence-corrected chi connectivity index (χ0v) is 17.1. The Bertz CT molecular complexity index is 671. The molecule has 2 fully saturated rings. The van der Waals surface area contributed by atoms with Crippen molar-refractivity contribution in [2.24, 2.45) is 4.99 Å². The predicted octanol–water partition coefficient (Wildman–Crippen LogP) is 2.94. The Morgan fingerprint density at radius 1 is 1.15 bits per heavy atom. The number of nitrogens with zero attached hydrogens (tertiary/aromatic N) is 3. The van der Waals surface area contributed by atoms with Crippen LogP contribution in [0.4, 0.5) is 0 Å². The Balaban J connectivity index is 1.76. The molecule has 0 unspecified atom stereocenters. The van der Waals surface area contributed by atoms with E-state index in [9.17, 15) is 4.79 Å². The normalized spacial score (nSPS) is 20.0. The fraction of sp³-hybridized carbons (Fsp3) is 0.636. The molecular weight excluding hydrogens is 336 g/mol. The molecule has 5 nitrogen and oxygen atoms in total. The van der Waals surface area contributed by atoms with Crippen molar-refractivity contribution in [3.63, 3.8) is 0 Å². The van der Waals surface area contributed by atoms with Gasteiger partial charge in [0.1, 0.15) is 0 Å². The molecule has 3 rings (SSSR count). The van der Waals surface area contributed by atoms with Gasteiger partial charge < -0.3 is 15.1 Å². The number of rotatable bonds is 4. The van der Waals surface area contributed by atoms with Gasteiger partial charge in [-0.05, 0) is 32.3 Å². The van der Waals surface area contributed by atoms with Crippen LogP contribution in [0.2, 0.25) is 0 Å². The summed E-state index contributed by atoms with van der Waals surface area (Å²) in [5, 5.41) is 3.47. The first-order chi connectivity index (χ1) is 13.0. The van der Waals surface area contributed by atoms with E-state index in [0.717, 1.165) is 45.2 Å². The van der Waals surface area contributed by atoms with Crippen molar-refractivity contribution in [2.75, 3.05) is 39.3 Å². The Kier molecular flexibility index (Phi) is 6.40. The van der Waals surface area contributed by atoms with Crippen LogP contribution in [0.5, 0.6) is 0 Å². The summed E-state index contributed by atoms with van der Waals surface area (Å²) < 4.78 is 0. The molecule has 0 aromatic heterocycles. The molecule has 1 saturated heterocycles. The number of nitrogens with one attached hydrogen (secondary N) is 1. The molecule has 1 amide bonds. The highest BCUT2D eigenvalue weighted by Crippen LogP contribution is 2.41. The van der Waals surface area contributed by atoms with Gasteiger partial charge in [-0.15, -0.1) is 0 Å². The molecule has 5 heteroatoms. The van der Waals surface area contributed by atoms with E-state index in [0.29, 0.717) is 0 Å². The minimum Gasteiger partial charge on any atom is -0.357 e. The van der Waals surface area contributed by atoms with Crippen molar-refractivity contribution in [1.29, 1.82) is 0 Å². The Morgan fingerprint density at radius 2 is 1.81 bits per heavy atom. The van der Waals surface area contributed by atoms with Crippen LogP contribution < -0.4 is 5.32 Å². The first-order valence-corrected chi connectivity index (χ1v) is 10.4. The van der Waals surface area contributed by atoms with Crippen LogP contribution in [0.1, 0.15) is 50.7 Å². The molecular formula is C22H34N4O. The standard InChI is InChI=1S/C22H34N4O/c1-4-23-21(26-14-12-25(13-15-26)19(3)27)24-17-22(10-5-6-11-22)20-9-7-8-18(2)16-20/h7-9,16H,4-6,10-15,17H2,1-3H3,(H,23,24). The second-order valence-corrected chi connectivity index (χ2v) is 8.02. The van der Waals surface area contributed by atoms with Gasteiger partial charge in [0.05, 0.1) is 6.54 Å². The summed E-state index contributed by atoms with van der Waals surface area (Å²) in [4.78, 5) is 20.9. The molecule has 1 aliphatic carbocycles. The van der Waals surface area contributed by atoms with Crippen molar-refractivity contribution < 1.29 is 4.79 Å². The number of hydrogen-bond acceptors (Lipinski definition) is 2. The maximum absolute atomic E-state index is 11.6. The van der Waals surface area contributed by atoms with Gasteiger partial charge in [0, 0.05) is 45.1 Å². The fourth-order valence-corrected chi connectivity index (χ4v) is 4.45. The maximum atomic E-state index is 11.6. The molecule has 1 heterocycles. The smallest absolute Gasteiger partial charge is 0.219 e. The van der Waals surface area contributed by atoms with E-state index >= 15 is 0 Å². The third-order valence-corrected chi connectivity index (χ3v) is 6.08. The summed E-state index contributed by atoms with van der Waals surface area (Å²) in [6.45, 7) is 10.9. The maximum Gasteiger partial charge on any atom is 0.219 e. The number of carbonyl (C=O) groups is 1. The van der Waals surface area contributed by atoms with E-state index in [1.165, 1.54) is 36.8 Å². The van der Waals surface area contributed by atoms with Gasteiger partial charge in [-0.3, -0.25) is 9.79 Å². The number of hydrogen-bond donors (Lipinski definition) is 1. The lowest BCUT2D eigenvalue weighted by Gasteiger charge is -2.37. The summed E-state index contributed by atoms with van der Waals surface area (Å²) in [5.74, 6) is 1.17. The molecule has 0 spiro atoms. The topological polar surface area (TPSA) is 47.9 Å². The quantitative estimate of drug-likeness (QED) is 0.655. The summed E-state index contributed by atoms with van der Waals surface area (Å²) >= 11 is 0. The summed E-state index contributed by atoms with van der Waals surface area (Å²) in [5.41, 5.74) is 2.95. The number of carbonyl (C=O) groups excluding carboxylic acids is 1. The number of piperazine rings is 1. The lowest BCUT2D eigenvalue weighted by molar-refractivity contribution is -0.130.